The summed E-state index contributed by atoms with van der Waals surface area (Å²) in [4.78, 5) is 28.9. The van der Waals surface area contributed by atoms with E-state index in [4.69, 9.17) is 5.73 Å². The van der Waals surface area contributed by atoms with Gasteiger partial charge < -0.3 is 15.7 Å². The lowest BCUT2D eigenvalue weighted by Gasteiger charge is -2.13. The SMILES string of the molecule is CN1CC[C@@](O)(C#Cc2cc(-c3cccnc3C(N)=O)cc(C(F)F)c2)C1=O. The summed E-state index contributed by atoms with van der Waals surface area (Å²) in [6.45, 7) is 0.351. The smallest absolute Gasteiger partial charge is 0.267 e. The van der Waals surface area contributed by atoms with Gasteiger partial charge in [-0.25, -0.2) is 8.78 Å². The molecule has 1 aromatic carbocycles. The van der Waals surface area contributed by atoms with Gasteiger partial charge in [0.25, 0.3) is 18.2 Å². The van der Waals surface area contributed by atoms with Crippen molar-refractivity contribution >= 4 is 11.8 Å². The summed E-state index contributed by atoms with van der Waals surface area (Å²) in [5.74, 6) is 3.79. The number of pyridine rings is 1. The van der Waals surface area contributed by atoms with E-state index in [-0.39, 0.29) is 34.4 Å². The standard InChI is InChI=1S/C20H17F2N3O3/c1-25-8-6-20(28,19(25)27)5-4-12-9-13(11-14(10-12)17(21)22)15-3-2-7-24-16(15)18(23)26/h2-3,7,9-11,17,28H,6,8H2,1H3,(H2,23,26)/t20-/m0/s1. The lowest BCUT2D eigenvalue weighted by Crippen LogP contribution is -2.37. The van der Waals surface area contributed by atoms with Gasteiger partial charge in [0.15, 0.2) is 0 Å². The number of alkyl halides is 2. The number of nitrogens with zero attached hydrogens (tertiary/aromatic N) is 2. The van der Waals surface area contributed by atoms with Crippen LogP contribution in [0.3, 0.4) is 0 Å². The highest BCUT2D eigenvalue weighted by molar-refractivity contribution is 5.98. The van der Waals surface area contributed by atoms with Crippen LogP contribution >= 0.6 is 0 Å². The van der Waals surface area contributed by atoms with Gasteiger partial charge in [-0.1, -0.05) is 17.9 Å². The number of aliphatic hydroxyl groups is 1. The summed E-state index contributed by atoms with van der Waals surface area (Å²) in [5, 5.41) is 10.4. The molecule has 1 aliphatic heterocycles. The Morgan fingerprint density at radius 3 is 2.75 bits per heavy atom. The van der Waals surface area contributed by atoms with Crippen LogP contribution in [0.15, 0.2) is 36.5 Å². The van der Waals surface area contributed by atoms with E-state index in [9.17, 15) is 23.5 Å². The number of likely N-dealkylation sites (N-methyl/N-ethyl adjacent to an activating group) is 1. The zero-order chi connectivity index (χ0) is 20.5. The van der Waals surface area contributed by atoms with Gasteiger partial charge in [-0.2, -0.15) is 0 Å². The number of likely N-dealkylation sites (tertiary alicyclic amines) is 1. The van der Waals surface area contributed by atoms with Gasteiger partial charge in [-0.15, -0.1) is 0 Å². The normalized spacial score (nSPS) is 18.9. The fourth-order valence-electron chi connectivity index (χ4n) is 2.99. The van der Waals surface area contributed by atoms with E-state index in [1.807, 2.05) is 0 Å². The van der Waals surface area contributed by atoms with Crippen LogP contribution in [0.1, 0.15) is 34.5 Å². The Morgan fingerprint density at radius 2 is 2.14 bits per heavy atom. The number of hydrogen-bond donors (Lipinski definition) is 2. The minimum Gasteiger partial charge on any atom is -0.369 e. The maximum Gasteiger partial charge on any atom is 0.267 e. The third-order valence-electron chi connectivity index (χ3n) is 4.48. The molecular formula is C20H17F2N3O3. The van der Waals surface area contributed by atoms with Crippen molar-refractivity contribution in [2.75, 3.05) is 13.6 Å². The molecule has 3 rings (SSSR count). The molecule has 0 unspecified atom stereocenters. The first-order valence-electron chi connectivity index (χ1n) is 8.41. The fourth-order valence-corrected chi connectivity index (χ4v) is 2.99. The fraction of sp³-hybridized carbons (Fsp3) is 0.250. The Labute approximate surface area is 160 Å². The predicted octanol–water partition coefficient (Wildman–Crippen LogP) is 1.73. The van der Waals surface area contributed by atoms with Gasteiger partial charge in [-0.3, -0.25) is 14.6 Å². The lowest BCUT2D eigenvalue weighted by molar-refractivity contribution is -0.137. The molecule has 2 heterocycles. The average Bonchev–Trinajstić information content (AvgIpc) is 2.94. The molecule has 0 spiro atoms. The third-order valence-corrected chi connectivity index (χ3v) is 4.48. The first-order chi connectivity index (χ1) is 13.2. The van der Waals surface area contributed by atoms with E-state index in [0.717, 1.165) is 0 Å². The van der Waals surface area contributed by atoms with Gasteiger partial charge in [-0.05, 0) is 29.8 Å². The molecule has 0 bridgehead atoms. The number of carbonyl (C=O) groups is 2. The quantitative estimate of drug-likeness (QED) is 0.787. The van der Waals surface area contributed by atoms with Crippen molar-refractivity contribution in [3.8, 4) is 23.0 Å². The predicted molar refractivity (Wildman–Crippen MR) is 97.2 cm³/mol. The number of primary amides is 1. The zero-order valence-electron chi connectivity index (χ0n) is 14.9. The summed E-state index contributed by atoms with van der Waals surface area (Å²) in [6, 6.07) is 6.97. The van der Waals surface area contributed by atoms with E-state index in [1.165, 1.54) is 35.4 Å². The van der Waals surface area contributed by atoms with E-state index in [0.29, 0.717) is 6.54 Å². The van der Waals surface area contributed by atoms with Gasteiger partial charge in [0.2, 0.25) is 5.60 Å². The van der Waals surface area contributed by atoms with Crippen LogP contribution < -0.4 is 5.73 Å². The molecule has 8 heteroatoms. The van der Waals surface area contributed by atoms with Crippen LogP contribution in [-0.2, 0) is 4.79 Å². The number of nitrogens with two attached hydrogens (primary N) is 1. The maximum absolute atomic E-state index is 13.4. The Bertz CT molecular complexity index is 1010. The van der Waals surface area contributed by atoms with Crippen molar-refractivity contribution < 1.29 is 23.5 Å². The van der Waals surface area contributed by atoms with Crippen LogP contribution in [0.2, 0.25) is 0 Å². The molecule has 144 valence electrons. The number of hydrogen-bond acceptors (Lipinski definition) is 4. The number of aromatic nitrogens is 1. The van der Waals surface area contributed by atoms with Gasteiger partial charge in [0.1, 0.15) is 5.69 Å². The summed E-state index contributed by atoms with van der Waals surface area (Å²) in [6.07, 6.45) is -1.28. The van der Waals surface area contributed by atoms with E-state index >= 15 is 0 Å². The van der Waals surface area contributed by atoms with Crippen LogP contribution in [0.5, 0.6) is 0 Å². The number of amides is 2. The van der Waals surface area contributed by atoms with Crippen molar-refractivity contribution in [3.63, 3.8) is 0 Å². The first kappa shape index (κ1) is 19.5. The third kappa shape index (κ3) is 3.70. The average molecular weight is 385 g/mol. The second kappa shape index (κ2) is 7.37. The number of halogens is 2. The van der Waals surface area contributed by atoms with Crippen molar-refractivity contribution in [1.29, 1.82) is 0 Å². The Morgan fingerprint density at radius 1 is 1.39 bits per heavy atom. The van der Waals surface area contributed by atoms with Gasteiger partial charge >= 0.3 is 0 Å². The Hall–Kier alpha value is -3.31. The molecule has 1 atom stereocenters. The van der Waals surface area contributed by atoms with Crippen LogP contribution in [0.25, 0.3) is 11.1 Å². The maximum atomic E-state index is 13.4. The summed E-state index contributed by atoms with van der Waals surface area (Å²) in [7, 11) is 1.55. The van der Waals surface area contributed by atoms with Crippen molar-refractivity contribution in [3.05, 3.63) is 53.3 Å². The van der Waals surface area contributed by atoms with E-state index in [1.54, 1.807) is 13.1 Å². The number of rotatable bonds is 3. The minimum absolute atomic E-state index is 0.0564. The van der Waals surface area contributed by atoms with Crippen LogP contribution in [0.4, 0.5) is 8.78 Å². The van der Waals surface area contributed by atoms with Crippen molar-refractivity contribution in [2.24, 2.45) is 5.73 Å². The molecule has 3 N–H and O–H groups in total. The number of benzene rings is 1. The zero-order valence-corrected chi connectivity index (χ0v) is 14.9. The van der Waals surface area contributed by atoms with E-state index < -0.39 is 23.8 Å². The molecule has 1 saturated heterocycles. The second-order valence-corrected chi connectivity index (χ2v) is 6.50. The molecule has 0 saturated carbocycles. The molecule has 1 aliphatic rings. The Balaban J connectivity index is 2.09. The molecule has 1 fully saturated rings. The Kier molecular flexibility index (Phi) is 5.12. The van der Waals surface area contributed by atoms with E-state index in [2.05, 4.69) is 16.8 Å². The largest absolute Gasteiger partial charge is 0.369 e. The topological polar surface area (TPSA) is 96.5 Å². The highest BCUT2D eigenvalue weighted by atomic mass is 19.3. The summed E-state index contributed by atoms with van der Waals surface area (Å²) >= 11 is 0. The second-order valence-electron chi connectivity index (χ2n) is 6.50. The summed E-state index contributed by atoms with van der Waals surface area (Å²) < 4.78 is 26.7. The highest BCUT2D eigenvalue weighted by Gasteiger charge is 2.42. The summed E-state index contributed by atoms with van der Waals surface area (Å²) in [5.41, 5.74) is 3.84. The number of carbonyl (C=O) groups excluding carboxylic acids is 2. The molecule has 28 heavy (non-hydrogen) atoms. The monoisotopic (exact) mass is 385 g/mol. The molecule has 0 radical (unpaired) electrons. The van der Waals surface area contributed by atoms with Crippen molar-refractivity contribution in [1.82, 2.24) is 9.88 Å². The van der Waals surface area contributed by atoms with Crippen LogP contribution in [-0.4, -0.2) is 46.0 Å². The molecule has 6 nitrogen and oxygen atoms in total. The first-order valence-corrected chi connectivity index (χ1v) is 8.41. The van der Waals surface area contributed by atoms with Gasteiger partial charge in [0.05, 0.1) is 0 Å². The highest BCUT2D eigenvalue weighted by Crippen LogP contribution is 2.29. The van der Waals surface area contributed by atoms with Gasteiger partial charge in [0, 0.05) is 42.9 Å². The molecule has 2 aromatic rings. The molecular weight excluding hydrogens is 368 g/mol. The minimum atomic E-state index is -2.78. The van der Waals surface area contributed by atoms with Crippen LogP contribution in [0, 0.1) is 11.8 Å². The lowest BCUT2D eigenvalue weighted by atomic mass is 9.97. The molecule has 1 aromatic heterocycles. The van der Waals surface area contributed by atoms with Crippen molar-refractivity contribution in [2.45, 2.75) is 18.4 Å². The molecule has 0 aliphatic carbocycles. The molecule has 2 amide bonds.